The second kappa shape index (κ2) is 6.97. The van der Waals surface area contributed by atoms with Crippen LogP contribution in [0.5, 0.6) is 0 Å². The molecule has 2 N–H and O–H groups in total. The van der Waals surface area contributed by atoms with Crippen molar-refractivity contribution in [3.63, 3.8) is 0 Å². The van der Waals surface area contributed by atoms with E-state index in [1.54, 1.807) is 0 Å². The Hall–Kier alpha value is -0.610. The van der Waals surface area contributed by atoms with Crippen molar-refractivity contribution in [1.29, 1.82) is 0 Å². The minimum absolute atomic E-state index is 0.185. The Morgan fingerprint density at radius 3 is 2.65 bits per heavy atom. The summed E-state index contributed by atoms with van der Waals surface area (Å²) < 4.78 is 0. The molecule has 0 aromatic rings. The van der Waals surface area contributed by atoms with Crippen molar-refractivity contribution < 1.29 is 4.79 Å². The Morgan fingerprint density at radius 2 is 2.12 bits per heavy atom. The highest BCUT2D eigenvalue weighted by molar-refractivity contribution is 5.82. The predicted octanol–water partition coefficient (Wildman–Crippen LogP) is 0.834. The third kappa shape index (κ3) is 4.28. The van der Waals surface area contributed by atoms with Crippen molar-refractivity contribution in [2.45, 2.75) is 33.6 Å². The second-order valence-electron chi connectivity index (χ2n) is 5.12. The number of hydrogen-bond acceptors (Lipinski definition) is 3. The highest BCUT2D eigenvalue weighted by Gasteiger charge is 2.35. The number of hydrogen-bond donors (Lipinski definition) is 2. The van der Waals surface area contributed by atoms with Crippen molar-refractivity contribution >= 4 is 5.91 Å². The summed E-state index contributed by atoms with van der Waals surface area (Å²) in [4.78, 5) is 14.4. The third-order valence-corrected chi connectivity index (χ3v) is 3.75. The first-order valence-corrected chi connectivity index (χ1v) is 6.83. The summed E-state index contributed by atoms with van der Waals surface area (Å²) in [5.74, 6) is 0.210. The van der Waals surface area contributed by atoms with E-state index < -0.39 is 0 Å². The van der Waals surface area contributed by atoms with Crippen molar-refractivity contribution in [3.05, 3.63) is 0 Å². The van der Waals surface area contributed by atoms with Gasteiger partial charge >= 0.3 is 0 Å². The number of carbonyl (C=O) groups excluding carboxylic acids is 1. The first-order chi connectivity index (χ1) is 8.12. The molecule has 4 heteroatoms. The van der Waals surface area contributed by atoms with Crippen LogP contribution in [0, 0.1) is 5.41 Å². The van der Waals surface area contributed by atoms with Gasteiger partial charge in [-0.05, 0) is 45.9 Å². The minimum Gasteiger partial charge on any atom is -0.356 e. The van der Waals surface area contributed by atoms with E-state index >= 15 is 0 Å². The van der Waals surface area contributed by atoms with Crippen molar-refractivity contribution in [1.82, 2.24) is 15.5 Å². The lowest BCUT2D eigenvalue weighted by atomic mass is 9.89. The summed E-state index contributed by atoms with van der Waals surface area (Å²) in [5.41, 5.74) is -0.185. The van der Waals surface area contributed by atoms with Crippen LogP contribution in [0.3, 0.4) is 0 Å². The van der Waals surface area contributed by atoms with Crippen molar-refractivity contribution in [2.24, 2.45) is 5.41 Å². The Morgan fingerprint density at radius 1 is 1.41 bits per heavy atom. The Labute approximate surface area is 105 Å². The molecule has 100 valence electrons. The number of nitrogens with one attached hydrogen (secondary N) is 2. The van der Waals surface area contributed by atoms with E-state index in [-0.39, 0.29) is 11.3 Å². The smallest absolute Gasteiger partial charge is 0.227 e. The van der Waals surface area contributed by atoms with Gasteiger partial charge in [0.25, 0.3) is 0 Å². The van der Waals surface area contributed by atoms with E-state index in [0.29, 0.717) is 0 Å². The van der Waals surface area contributed by atoms with Gasteiger partial charge in [-0.2, -0.15) is 0 Å². The van der Waals surface area contributed by atoms with Gasteiger partial charge in [0.05, 0.1) is 5.41 Å². The topological polar surface area (TPSA) is 44.4 Å². The number of nitrogens with zero attached hydrogens (tertiary/aromatic N) is 1. The predicted molar refractivity (Wildman–Crippen MR) is 71.0 cm³/mol. The zero-order valence-corrected chi connectivity index (χ0v) is 11.5. The molecule has 0 aromatic heterocycles. The molecule has 1 unspecified atom stereocenters. The largest absolute Gasteiger partial charge is 0.356 e. The fourth-order valence-corrected chi connectivity index (χ4v) is 2.27. The van der Waals surface area contributed by atoms with E-state index in [2.05, 4.69) is 29.4 Å². The van der Waals surface area contributed by atoms with Crippen LogP contribution in [0.25, 0.3) is 0 Å². The van der Waals surface area contributed by atoms with Crippen LogP contribution >= 0.6 is 0 Å². The molecule has 0 radical (unpaired) electrons. The molecule has 1 rings (SSSR count). The average molecular weight is 241 g/mol. The van der Waals surface area contributed by atoms with Crippen LogP contribution in [-0.4, -0.2) is 50.1 Å². The zero-order valence-electron chi connectivity index (χ0n) is 11.5. The van der Waals surface area contributed by atoms with Crippen LogP contribution in [0.4, 0.5) is 0 Å². The first-order valence-electron chi connectivity index (χ1n) is 6.83. The highest BCUT2D eigenvalue weighted by Crippen LogP contribution is 2.24. The van der Waals surface area contributed by atoms with Gasteiger partial charge in [-0.1, -0.05) is 13.8 Å². The number of carbonyl (C=O) groups is 1. The zero-order chi connectivity index (χ0) is 12.7. The Bertz CT molecular complexity index is 233. The summed E-state index contributed by atoms with van der Waals surface area (Å²) in [6, 6.07) is 0. The van der Waals surface area contributed by atoms with Gasteiger partial charge < -0.3 is 15.5 Å². The molecule has 1 aliphatic rings. The fraction of sp³-hybridized carbons (Fsp3) is 0.923. The molecule has 0 aromatic carbocycles. The van der Waals surface area contributed by atoms with Crippen LogP contribution < -0.4 is 10.6 Å². The minimum atomic E-state index is -0.185. The van der Waals surface area contributed by atoms with E-state index in [9.17, 15) is 4.79 Å². The lowest BCUT2D eigenvalue weighted by molar-refractivity contribution is -0.129. The molecule has 0 saturated carbocycles. The SMILES string of the molecule is CCN(CC)CCCNC(=O)C1(C)CCNC1. The maximum absolute atomic E-state index is 12.0. The summed E-state index contributed by atoms with van der Waals surface area (Å²) in [6.45, 7) is 12.2. The van der Waals surface area contributed by atoms with E-state index in [4.69, 9.17) is 0 Å². The van der Waals surface area contributed by atoms with Gasteiger partial charge in [0, 0.05) is 13.1 Å². The molecule has 1 atom stereocenters. The van der Waals surface area contributed by atoms with Gasteiger partial charge in [-0.15, -0.1) is 0 Å². The second-order valence-corrected chi connectivity index (χ2v) is 5.12. The summed E-state index contributed by atoms with van der Waals surface area (Å²) in [7, 11) is 0. The van der Waals surface area contributed by atoms with Gasteiger partial charge in [0.2, 0.25) is 5.91 Å². The van der Waals surface area contributed by atoms with Gasteiger partial charge in [0.1, 0.15) is 0 Å². The maximum atomic E-state index is 12.0. The molecule has 1 aliphatic heterocycles. The van der Waals surface area contributed by atoms with Gasteiger partial charge in [-0.3, -0.25) is 4.79 Å². The Kier molecular flexibility index (Phi) is 5.92. The van der Waals surface area contributed by atoms with Crippen molar-refractivity contribution in [3.8, 4) is 0 Å². The molecule has 0 spiro atoms. The quantitative estimate of drug-likeness (QED) is 0.649. The van der Waals surface area contributed by atoms with Crippen molar-refractivity contribution in [2.75, 3.05) is 39.3 Å². The summed E-state index contributed by atoms with van der Waals surface area (Å²) in [6.07, 6.45) is 1.99. The van der Waals surface area contributed by atoms with Gasteiger partial charge in [-0.25, -0.2) is 0 Å². The summed E-state index contributed by atoms with van der Waals surface area (Å²) in [5, 5.41) is 6.31. The van der Waals surface area contributed by atoms with Gasteiger partial charge in [0.15, 0.2) is 0 Å². The molecule has 1 heterocycles. The lowest BCUT2D eigenvalue weighted by Crippen LogP contribution is -2.41. The number of amides is 1. The molecule has 0 bridgehead atoms. The average Bonchev–Trinajstić information content (AvgIpc) is 2.77. The van der Waals surface area contributed by atoms with E-state index in [0.717, 1.165) is 52.1 Å². The number of rotatable bonds is 7. The molecule has 1 saturated heterocycles. The molecular weight excluding hydrogens is 214 g/mol. The van der Waals surface area contributed by atoms with E-state index in [1.165, 1.54) is 0 Å². The summed E-state index contributed by atoms with van der Waals surface area (Å²) >= 11 is 0. The molecule has 4 nitrogen and oxygen atoms in total. The molecule has 0 aliphatic carbocycles. The van der Waals surface area contributed by atoms with Crippen LogP contribution in [0.2, 0.25) is 0 Å². The third-order valence-electron chi connectivity index (χ3n) is 3.75. The molecule has 1 amide bonds. The van der Waals surface area contributed by atoms with Crippen LogP contribution in [0.1, 0.15) is 33.6 Å². The van der Waals surface area contributed by atoms with Crippen LogP contribution in [-0.2, 0) is 4.79 Å². The Balaban J connectivity index is 2.16. The van der Waals surface area contributed by atoms with E-state index in [1.807, 2.05) is 6.92 Å². The first kappa shape index (κ1) is 14.5. The maximum Gasteiger partial charge on any atom is 0.227 e. The standard InChI is InChI=1S/C13H27N3O/c1-4-16(5-2)10-6-8-15-12(17)13(3)7-9-14-11-13/h14H,4-11H2,1-3H3,(H,15,17). The molecule has 1 fully saturated rings. The lowest BCUT2D eigenvalue weighted by Gasteiger charge is -2.22. The highest BCUT2D eigenvalue weighted by atomic mass is 16.2. The molecule has 17 heavy (non-hydrogen) atoms. The van der Waals surface area contributed by atoms with Crippen LogP contribution in [0.15, 0.2) is 0 Å². The normalized spacial score (nSPS) is 24.2. The monoisotopic (exact) mass is 241 g/mol. The molecular formula is C13H27N3O. The fourth-order valence-electron chi connectivity index (χ4n) is 2.27.